The van der Waals surface area contributed by atoms with Crippen molar-refractivity contribution in [2.45, 2.75) is 24.5 Å². The third kappa shape index (κ3) is 3.42. The standard InChI is InChI=1S/C17H18N2O3S/c1-11-5-7-13(8-6-11)18-15(20)10-19-16(21)12(2)23-17(19)14-4-3-9-22-14/h3-9,12,17H,10H2,1-2H3,(H,18,20)/t12-,17+/m1/s1. The molecule has 0 aliphatic carbocycles. The zero-order valence-electron chi connectivity index (χ0n) is 13.0. The van der Waals surface area contributed by atoms with Gasteiger partial charge in [0.15, 0.2) is 0 Å². The van der Waals surface area contributed by atoms with Gasteiger partial charge < -0.3 is 14.6 Å². The van der Waals surface area contributed by atoms with Crippen LogP contribution in [0.15, 0.2) is 47.1 Å². The second kappa shape index (κ2) is 6.50. The lowest BCUT2D eigenvalue weighted by molar-refractivity contribution is -0.133. The molecular formula is C17H18N2O3S. The molecule has 2 heterocycles. The van der Waals surface area contributed by atoms with E-state index >= 15 is 0 Å². The maximum Gasteiger partial charge on any atom is 0.244 e. The first-order valence-corrected chi connectivity index (χ1v) is 8.35. The number of hydrogen-bond donors (Lipinski definition) is 1. The van der Waals surface area contributed by atoms with Crippen LogP contribution in [0.2, 0.25) is 0 Å². The lowest BCUT2D eigenvalue weighted by Crippen LogP contribution is -2.37. The topological polar surface area (TPSA) is 62.6 Å². The zero-order chi connectivity index (χ0) is 16.4. The van der Waals surface area contributed by atoms with E-state index in [0.29, 0.717) is 5.76 Å². The van der Waals surface area contributed by atoms with Crippen LogP contribution in [0.1, 0.15) is 23.6 Å². The summed E-state index contributed by atoms with van der Waals surface area (Å²) >= 11 is 1.49. The molecule has 1 aromatic heterocycles. The summed E-state index contributed by atoms with van der Waals surface area (Å²) in [6.45, 7) is 3.84. The Bertz CT molecular complexity index is 697. The molecule has 0 bridgehead atoms. The first kappa shape index (κ1) is 15.7. The third-order valence-corrected chi connectivity index (χ3v) is 5.04. The molecule has 5 nitrogen and oxygen atoms in total. The van der Waals surface area contributed by atoms with Crippen molar-refractivity contribution in [3.63, 3.8) is 0 Å². The summed E-state index contributed by atoms with van der Waals surface area (Å²) in [6, 6.07) is 11.2. The van der Waals surface area contributed by atoms with E-state index in [2.05, 4.69) is 5.32 Å². The summed E-state index contributed by atoms with van der Waals surface area (Å²) in [6.07, 6.45) is 1.58. The molecule has 1 aromatic carbocycles. The molecule has 1 aliphatic rings. The minimum Gasteiger partial charge on any atom is -0.466 e. The highest BCUT2D eigenvalue weighted by atomic mass is 32.2. The molecule has 1 aliphatic heterocycles. The monoisotopic (exact) mass is 330 g/mol. The summed E-state index contributed by atoms with van der Waals surface area (Å²) in [4.78, 5) is 26.2. The Kier molecular flexibility index (Phi) is 4.43. The number of amides is 2. The Labute approximate surface area is 139 Å². The van der Waals surface area contributed by atoms with Gasteiger partial charge >= 0.3 is 0 Å². The van der Waals surface area contributed by atoms with Crippen molar-refractivity contribution < 1.29 is 14.0 Å². The van der Waals surface area contributed by atoms with Gasteiger partial charge in [-0.3, -0.25) is 9.59 Å². The number of thioether (sulfide) groups is 1. The summed E-state index contributed by atoms with van der Waals surface area (Å²) in [5.41, 5.74) is 1.85. The maximum absolute atomic E-state index is 12.3. The molecule has 23 heavy (non-hydrogen) atoms. The van der Waals surface area contributed by atoms with Gasteiger partial charge in [0.05, 0.1) is 11.5 Å². The van der Waals surface area contributed by atoms with Crippen LogP contribution in [-0.2, 0) is 9.59 Å². The fraction of sp³-hybridized carbons (Fsp3) is 0.294. The molecule has 3 rings (SSSR count). The molecule has 0 unspecified atom stereocenters. The Morgan fingerprint density at radius 3 is 2.70 bits per heavy atom. The Balaban J connectivity index is 1.70. The van der Waals surface area contributed by atoms with Gasteiger partial charge in [0.2, 0.25) is 11.8 Å². The Hall–Kier alpha value is -2.21. The highest BCUT2D eigenvalue weighted by molar-refractivity contribution is 8.01. The Morgan fingerprint density at radius 2 is 2.04 bits per heavy atom. The molecule has 0 spiro atoms. The fourth-order valence-electron chi connectivity index (χ4n) is 2.48. The molecule has 1 saturated heterocycles. The number of rotatable bonds is 4. The van der Waals surface area contributed by atoms with Gasteiger partial charge in [0.1, 0.15) is 17.7 Å². The van der Waals surface area contributed by atoms with Crippen LogP contribution in [0.5, 0.6) is 0 Å². The van der Waals surface area contributed by atoms with Crippen LogP contribution in [0.25, 0.3) is 0 Å². The summed E-state index contributed by atoms with van der Waals surface area (Å²) in [5, 5.41) is 2.39. The van der Waals surface area contributed by atoms with E-state index in [1.165, 1.54) is 11.8 Å². The van der Waals surface area contributed by atoms with Crippen LogP contribution in [0, 0.1) is 6.92 Å². The molecule has 2 aromatic rings. The number of furan rings is 1. The van der Waals surface area contributed by atoms with Crippen molar-refractivity contribution in [2.24, 2.45) is 0 Å². The molecule has 1 N–H and O–H groups in total. The lowest BCUT2D eigenvalue weighted by Gasteiger charge is -2.21. The number of aryl methyl sites for hydroxylation is 1. The van der Waals surface area contributed by atoms with E-state index in [-0.39, 0.29) is 29.0 Å². The molecule has 0 saturated carbocycles. The van der Waals surface area contributed by atoms with Crippen molar-refractivity contribution >= 4 is 29.3 Å². The predicted molar refractivity (Wildman–Crippen MR) is 90.0 cm³/mol. The van der Waals surface area contributed by atoms with Crippen molar-refractivity contribution in [3.8, 4) is 0 Å². The van der Waals surface area contributed by atoms with Crippen molar-refractivity contribution in [2.75, 3.05) is 11.9 Å². The summed E-state index contributed by atoms with van der Waals surface area (Å²) < 4.78 is 5.41. The molecule has 2 amide bonds. The number of carbonyl (C=O) groups is 2. The fourth-order valence-corrected chi connectivity index (χ4v) is 3.71. The smallest absolute Gasteiger partial charge is 0.244 e. The lowest BCUT2D eigenvalue weighted by atomic mass is 10.2. The van der Waals surface area contributed by atoms with Crippen LogP contribution < -0.4 is 5.32 Å². The first-order valence-electron chi connectivity index (χ1n) is 7.40. The van der Waals surface area contributed by atoms with E-state index < -0.39 is 0 Å². The van der Waals surface area contributed by atoms with Gasteiger partial charge in [-0.25, -0.2) is 0 Å². The van der Waals surface area contributed by atoms with E-state index in [4.69, 9.17) is 4.42 Å². The van der Waals surface area contributed by atoms with Crippen LogP contribution in [-0.4, -0.2) is 28.5 Å². The van der Waals surface area contributed by atoms with Crippen molar-refractivity contribution in [1.82, 2.24) is 4.90 Å². The molecule has 2 atom stereocenters. The molecule has 120 valence electrons. The maximum atomic E-state index is 12.3. The van der Waals surface area contributed by atoms with Gasteiger partial charge in [-0.05, 0) is 38.1 Å². The van der Waals surface area contributed by atoms with Crippen LogP contribution in [0.4, 0.5) is 5.69 Å². The van der Waals surface area contributed by atoms with E-state index in [1.54, 1.807) is 17.2 Å². The second-order valence-electron chi connectivity index (χ2n) is 5.53. The number of nitrogens with one attached hydrogen (secondary N) is 1. The highest BCUT2D eigenvalue weighted by Gasteiger charge is 2.40. The summed E-state index contributed by atoms with van der Waals surface area (Å²) in [5.74, 6) is 0.430. The largest absolute Gasteiger partial charge is 0.466 e. The van der Waals surface area contributed by atoms with Crippen molar-refractivity contribution in [1.29, 1.82) is 0 Å². The highest BCUT2D eigenvalue weighted by Crippen LogP contribution is 2.42. The normalized spacial score (nSPS) is 20.8. The number of nitrogens with zero attached hydrogens (tertiary/aromatic N) is 1. The number of carbonyl (C=O) groups excluding carboxylic acids is 2. The van der Waals surface area contributed by atoms with Gasteiger partial charge in [-0.15, -0.1) is 11.8 Å². The number of benzene rings is 1. The minimum atomic E-state index is -0.253. The van der Waals surface area contributed by atoms with Gasteiger partial charge in [0, 0.05) is 5.69 Å². The minimum absolute atomic E-state index is 0.00934. The quantitative estimate of drug-likeness (QED) is 0.935. The van der Waals surface area contributed by atoms with Crippen molar-refractivity contribution in [3.05, 3.63) is 54.0 Å². The average molecular weight is 330 g/mol. The average Bonchev–Trinajstić information content (AvgIpc) is 3.14. The third-order valence-electron chi connectivity index (χ3n) is 3.68. The predicted octanol–water partition coefficient (Wildman–Crippen LogP) is 3.19. The molecular weight excluding hydrogens is 312 g/mol. The molecule has 1 fully saturated rings. The zero-order valence-corrected chi connectivity index (χ0v) is 13.8. The number of hydrogen-bond acceptors (Lipinski definition) is 4. The van der Waals surface area contributed by atoms with Gasteiger partial charge in [0.25, 0.3) is 0 Å². The first-order chi connectivity index (χ1) is 11.0. The second-order valence-corrected chi connectivity index (χ2v) is 6.95. The van der Waals surface area contributed by atoms with E-state index in [0.717, 1.165) is 11.3 Å². The van der Waals surface area contributed by atoms with Gasteiger partial charge in [-0.1, -0.05) is 17.7 Å². The SMILES string of the molecule is Cc1ccc(NC(=O)CN2C(=O)[C@@H](C)S[C@H]2c2ccco2)cc1. The molecule has 0 radical (unpaired) electrons. The Morgan fingerprint density at radius 1 is 1.30 bits per heavy atom. The molecule has 6 heteroatoms. The van der Waals surface area contributed by atoms with Crippen LogP contribution in [0.3, 0.4) is 0 Å². The van der Waals surface area contributed by atoms with Gasteiger partial charge in [-0.2, -0.15) is 0 Å². The number of anilines is 1. The van der Waals surface area contributed by atoms with E-state index in [1.807, 2.05) is 44.2 Å². The van der Waals surface area contributed by atoms with E-state index in [9.17, 15) is 9.59 Å². The van der Waals surface area contributed by atoms with Crippen LogP contribution >= 0.6 is 11.8 Å². The summed E-state index contributed by atoms with van der Waals surface area (Å²) in [7, 11) is 0.